The second-order valence-electron chi connectivity index (χ2n) is 9.17. The van der Waals surface area contributed by atoms with Gasteiger partial charge in [-0.05, 0) is 41.8 Å². The van der Waals surface area contributed by atoms with Gasteiger partial charge in [0.1, 0.15) is 16.4 Å². The van der Waals surface area contributed by atoms with Crippen molar-refractivity contribution in [2.45, 2.75) is 38.5 Å². The van der Waals surface area contributed by atoms with Gasteiger partial charge in [0.15, 0.2) is 11.9 Å². The van der Waals surface area contributed by atoms with E-state index < -0.39 is 6.10 Å². The van der Waals surface area contributed by atoms with Crippen LogP contribution in [0.3, 0.4) is 0 Å². The minimum Gasteiger partial charge on any atom is -0.495 e. The standard InChI is InChI=1S/C27H24ClN5O4S/c1-36-19-3-2-15(12-18(19)28)13-30-25-23-17-8-11-33(27(35)20-4-5-22(34)37-20)14-21(17)38-26(23)32-24(31-25)16-6-9-29-10-7-16/h2-3,6-7,9-10,12,20H,4-5,8,11,13-14H2,1H3,(H,30,31,32). The third-order valence-electron chi connectivity index (χ3n) is 6.79. The number of rotatable bonds is 6. The number of methoxy groups -OCH3 is 1. The molecule has 1 N–H and O–H groups in total. The summed E-state index contributed by atoms with van der Waals surface area (Å²) in [6.07, 6.45) is 4.16. The molecule has 1 atom stereocenters. The number of pyridine rings is 1. The van der Waals surface area contributed by atoms with Gasteiger partial charge < -0.3 is 19.7 Å². The summed E-state index contributed by atoms with van der Waals surface area (Å²) in [7, 11) is 1.59. The quantitative estimate of drug-likeness (QED) is 0.347. The average Bonchev–Trinajstić information content (AvgIpc) is 3.54. The van der Waals surface area contributed by atoms with E-state index in [9.17, 15) is 9.59 Å². The molecule has 1 amide bonds. The molecule has 0 radical (unpaired) electrons. The van der Waals surface area contributed by atoms with E-state index in [4.69, 9.17) is 31.0 Å². The van der Waals surface area contributed by atoms with E-state index in [1.807, 2.05) is 30.3 Å². The third kappa shape index (κ3) is 4.65. The molecule has 9 nitrogen and oxygen atoms in total. The Labute approximate surface area is 227 Å². The molecule has 1 saturated heterocycles. The molecule has 1 fully saturated rings. The van der Waals surface area contributed by atoms with Crippen LogP contribution in [-0.4, -0.2) is 51.5 Å². The minimum absolute atomic E-state index is 0.128. The number of carbonyl (C=O) groups excluding carboxylic acids is 2. The van der Waals surface area contributed by atoms with E-state index in [1.165, 1.54) is 0 Å². The molecule has 0 bridgehead atoms. The van der Waals surface area contributed by atoms with Crippen molar-refractivity contribution in [1.29, 1.82) is 0 Å². The van der Waals surface area contributed by atoms with Gasteiger partial charge in [-0.1, -0.05) is 17.7 Å². The highest BCUT2D eigenvalue weighted by Gasteiger charge is 2.35. The normalized spacial score (nSPS) is 16.8. The van der Waals surface area contributed by atoms with Gasteiger partial charge in [-0.15, -0.1) is 11.3 Å². The smallest absolute Gasteiger partial charge is 0.306 e. The lowest BCUT2D eigenvalue weighted by Crippen LogP contribution is -2.41. The maximum atomic E-state index is 13.0. The molecule has 2 aliphatic heterocycles. The predicted molar refractivity (Wildman–Crippen MR) is 144 cm³/mol. The number of hydrogen-bond donors (Lipinski definition) is 1. The van der Waals surface area contributed by atoms with Crippen molar-refractivity contribution in [3.8, 4) is 17.1 Å². The Bertz CT molecular complexity index is 1540. The van der Waals surface area contributed by atoms with Crippen molar-refractivity contribution in [3.63, 3.8) is 0 Å². The van der Waals surface area contributed by atoms with Crippen molar-refractivity contribution in [3.05, 3.63) is 63.8 Å². The first kappa shape index (κ1) is 24.6. The van der Waals surface area contributed by atoms with Crippen LogP contribution in [-0.2, 0) is 33.8 Å². The average molecular weight is 550 g/mol. The fourth-order valence-electron chi connectivity index (χ4n) is 4.85. The summed E-state index contributed by atoms with van der Waals surface area (Å²) in [5, 5.41) is 5.02. The third-order valence-corrected chi connectivity index (χ3v) is 8.19. The first-order chi connectivity index (χ1) is 18.5. The Balaban J connectivity index is 1.34. The fraction of sp³-hybridized carbons (Fsp3) is 0.296. The van der Waals surface area contributed by atoms with Crippen LogP contribution >= 0.6 is 22.9 Å². The van der Waals surface area contributed by atoms with Crippen LogP contribution in [0.4, 0.5) is 5.82 Å². The number of esters is 1. The van der Waals surface area contributed by atoms with Crippen LogP contribution < -0.4 is 10.1 Å². The lowest BCUT2D eigenvalue weighted by atomic mass is 10.0. The van der Waals surface area contributed by atoms with E-state index in [0.29, 0.717) is 55.5 Å². The second-order valence-corrected chi connectivity index (χ2v) is 10.7. The SMILES string of the molecule is COc1ccc(CNc2nc(-c3ccncc3)nc3sc4c(c23)CCN(C(=O)C2CCC(=O)O2)C4)cc1Cl. The number of nitrogens with one attached hydrogen (secondary N) is 1. The maximum absolute atomic E-state index is 13.0. The summed E-state index contributed by atoms with van der Waals surface area (Å²) in [6, 6.07) is 9.44. The molecule has 0 saturated carbocycles. The van der Waals surface area contributed by atoms with Gasteiger partial charge in [0.05, 0.1) is 24.1 Å². The maximum Gasteiger partial charge on any atom is 0.306 e. The zero-order valence-electron chi connectivity index (χ0n) is 20.6. The second kappa shape index (κ2) is 10.2. The number of nitrogens with zero attached hydrogens (tertiary/aromatic N) is 4. The molecular weight excluding hydrogens is 526 g/mol. The number of anilines is 1. The van der Waals surface area contributed by atoms with E-state index in [0.717, 1.165) is 37.6 Å². The van der Waals surface area contributed by atoms with E-state index >= 15 is 0 Å². The molecule has 1 aromatic carbocycles. The number of benzene rings is 1. The van der Waals surface area contributed by atoms with Gasteiger partial charge in [-0.3, -0.25) is 14.6 Å². The molecule has 38 heavy (non-hydrogen) atoms. The molecule has 194 valence electrons. The topological polar surface area (TPSA) is 107 Å². The molecule has 0 spiro atoms. The van der Waals surface area contributed by atoms with Crippen LogP contribution in [0.1, 0.15) is 28.8 Å². The molecule has 6 rings (SSSR count). The number of thiophene rings is 1. The first-order valence-electron chi connectivity index (χ1n) is 12.3. The van der Waals surface area contributed by atoms with E-state index in [-0.39, 0.29) is 11.9 Å². The first-order valence-corrected chi connectivity index (χ1v) is 13.5. The van der Waals surface area contributed by atoms with Gasteiger partial charge >= 0.3 is 5.97 Å². The number of aromatic nitrogens is 3. The molecule has 3 aromatic heterocycles. The summed E-state index contributed by atoms with van der Waals surface area (Å²) in [5.41, 5.74) is 3.00. The number of hydrogen-bond acceptors (Lipinski definition) is 9. The molecule has 1 unspecified atom stereocenters. The van der Waals surface area contributed by atoms with E-state index in [1.54, 1.807) is 35.7 Å². The van der Waals surface area contributed by atoms with E-state index in [2.05, 4.69) is 10.3 Å². The Kier molecular flexibility index (Phi) is 6.59. The van der Waals surface area contributed by atoms with Crippen molar-refractivity contribution in [2.24, 2.45) is 0 Å². The highest BCUT2D eigenvalue weighted by molar-refractivity contribution is 7.19. The van der Waals surface area contributed by atoms with Crippen LogP contribution in [0, 0.1) is 0 Å². The Morgan fingerprint density at radius 1 is 1.24 bits per heavy atom. The number of amides is 1. The molecule has 5 heterocycles. The monoisotopic (exact) mass is 549 g/mol. The van der Waals surface area contributed by atoms with Crippen molar-refractivity contribution >= 4 is 50.8 Å². The number of halogens is 1. The highest BCUT2D eigenvalue weighted by Crippen LogP contribution is 2.39. The van der Waals surface area contributed by atoms with Crippen LogP contribution in [0.2, 0.25) is 5.02 Å². The molecule has 11 heteroatoms. The van der Waals surface area contributed by atoms with Crippen LogP contribution in [0.5, 0.6) is 5.75 Å². The van der Waals surface area contributed by atoms with Gasteiger partial charge in [0, 0.05) is 48.8 Å². The van der Waals surface area contributed by atoms with Gasteiger partial charge in [0.2, 0.25) is 0 Å². The van der Waals surface area contributed by atoms with Crippen LogP contribution in [0.15, 0.2) is 42.7 Å². The molecule has 4 aromatic rings. The summed E-state index contributed by atoms with van der Waals surface area (Å²) < 4.78 is 10.5. The van der Waals surface area contributed by atoms with Crippen molar-refractivity contribution < 1.29 is 19.1 Å². The van der Waals surface area contributed by atoms with Crippen molar-refractivity contribution in [2.75, 3.05) is 19.0 Å². The summed E-state index contributed by atoms with van der Waals surface area (Å²) in [5.74, 6) is 1.52. The van der Waals surface area contributed by atoms with Crippen LogP contribution in [0.25, 0.3) is 21.6 Å². The Morgan fingerprint density at radius 3 is 2.82 bits per heavy atom. The zero-order valence-corrected chi connectivity index (χ0v) is 22.1. The summed E-state index contributed by atoms with van der Waals surface area (Å²) in [4.78, 5) is 42.1. The molecular formula is C27H24ClN5O4S. The largest absolute Gasteiger partial charge is 0.495 e. The number of cyclic esters (lactones) is 1. The fourth-order valence-corrected chi connectivity index (χ4v) is 6.37. The number of carbonyl (C=O) groups is 2. The Morgan fingerprint density at radius 2 is 2.08 bits per heavy atom. The summed E-state index contributed by atoms with van der Waals surface area (Å²) >= 11 is 7.91. The number of fused-ring (bicyclic) bond motifs is 3. The minimum atomic E-state index is -0.676. The lowest BCUT2D eigenvalue weighted by molar-refractivity contribution is -0.153. The highest BCUT2D eigenvalue weighted by atomic mass is 35.5. The van der Waals surface area contributed by atoms with Gasteiger partial charge in [0.25, 0.3) is 5.91 Å². The van der Waals surface area contributed by atoms with Gasteiger partial charge in [-0.2, -0.15) is 0 Å². The molecule has 2 aliphatic rings. The zero-order chi connectivity index (χ0) is 26.2. The van der Waals surface area contributed by atoms with Gasteiger partial charge in [-0.25, -0.2) is 9.97 Å². The predicted octanol–water partition coefficient (Wildman–Crippen LogP) is 4.62. The summed E-state index contributed by atoms with van der Waals surface area (Å²) in [6.45, 7) is 1.51. The molecule has 0 aliphatic carbocycles. The number of ether oxygens (including phenoxy) is 2. The lowest BCUT2D eigenvalue weighted by Gasteiger charge is -2.28. The van der Waals surface area contributed by atoms with Crippen molar-refractivity contribution in [1.82, 2.24) is 19.9 Å². The Hall–Kier alpha value is -3.76.